The molecule has 0 nitrogen and oxygen atoms in total. The normalized spacial score (nSPS) is 10.4. The summed E-state index contributed by atoms with van der Waals surface area (Å²) >= 11 is 1.46. The van der Waals surface area contributed by atoms with Crippen LogP contribution in [-0.4, -0.2) is 3.21 Å². The van der Waals surface area contributed by atoms with Crippen LogP contribution in [0.25, 0.3) is 33.4 Å². The maximum atomic E-state index is 3.65. The van der Waals surface area contributed by atoms with Crippen molar-refractivity contribution in [3.63, 3.8) is 0 Å². The molecule has 0 aliphatic heterocycles. The van der Waals surface area contributed by atoms with Gasteiger partial charge in [0.25, 0.3) is 0 Å². The molecule has 0 aromatic heterocycles. The molecular formula is C45H36Cl2Zr-2. The van der Waals surface area contributed by atoms with Crippen molar-refractivity contribution >= 4 is 3.21 Å². The number of rotatable bonds is 4. The van der Waals surface area contributed by atoms with E-state index in [0.29, 0.717) is 0 Å². The van der Waals surface area contributed by atoms with Crippen molar-refractivity contribution in [3.8, 4) is 33.4 Å². The van der Waals surface area contributed by atoms with E-state index in [4.69, 9.17) is 0 Å². The maximum absolute atomic E-state index is 3.65. The van der Waals surface area contributed by atoms with Crippen molar-refractivity contribution in [3.05, 3.63) is 209 Å². The van der Waals surface area contributed by atoms with E-state index in [1.165, 1.54) is 94.2 Å². The molecule has 0 fully saturated rings. The average molecular weight is 739 g/mol. The Hall–Kier alpha value is -4.00. The molecule has 1 aliphatic rings. The fourth-order valence-electron chi connectivity index (χ4n) is 5.65. The minimum atomic E-state index is 0. The van der Waals surface area contributed by atoms with E-state index in [-0.39, 0.29) is 24.8 Å². The SMILES string of the molecule is Cc1ccc([C](=[Zr+2])c2ccc(C)cc2)cc1.[Cl-].[Cl-].[c-]1c(-c2ccccc2)ccc2c1Cc1cc(-c3ccccc3)ccc1-2.c1cc[cH-]c1. The van der Waals surface area contributed by atoms with Gasteiger partial charge in [-0.3, -0.25) is 0 Å². The summed E-state index contributed by atoms with van der Waals surface area (Å²) in [6.45, 7) is 4.25. The summed E-state index contributed by atoms with van der Waals surface area (Å²) in [5.74, 6) is 0. The van der Waals surface area contributed by atoms with Crippen LogP contribution in [0.3, 0.4) is 0 Å². The van der Waals surface area contributed by atoms with E-state index < -0.39 is 0 Å². The van der Waals surface area contributed by atoms with Gasteiger partial charge in [0.15, 0.2) is 0 Å². The van der Waals surface area contributed by atoms with E-state index >= 15 is 0 Å². The molecule has 7 aromatic carbocycles. The number of aryl methyl sites for hydroxylation is 2. The van der Waals surface area contributed by atoms with Crippen LogP contribution >= 0.6 is 0 Å². The van der Waals surface area contributed by atoms with Crippen LogP contribution in [0, 0.1) is 19.9 Å². The van der Waals surface area contributed by atoms with Crippen molar-refractivity contribution in [1.82, 2.24) is 0 Å². The number of hydrogen-bond donors (Lipinski definition) is 0. The summed E-state index contributed by atoms with van der Waals surface area (Å²) in [7, 11) is 0. The predicted octanol–water partition coefficient (Wildman–Crippen LogP) is 5.22. The van der Waals surface area contributed by atoms with Gasteiger partial charge in [-0.15, -0.1) is 29.3 Å². The van der Waals surface area contributed by atoms with Gasteiger partial charge in [0.2, 0.25) is 0 Å². The predicted molar refractivity (Wildman–Crippen MR) is 192 cm³/mol. The summed E-state index contributed by atoms with van der Waals surface area (Å²) in [5.41, 5.74) is 15.7. The minimum Gasteiger partial charge on any atom is -1.00 e. The summed E-state index contributed by atoms with van der Waals surface area (Å²) < 4.78 is 1.42. The molecule has 0 bridgehead atoms. The first-order valence-electron chi connectivity index (χ1n) is 15.7. The first kappa shape index (κ1) is 36.8. The molecule has 7 aromatic rings. The maximum Gasteiger partial charge on any atom is -0.0181 e. The van der Waals surface area contributed by atoms with Gasteiger partial charge in [-0.25, -0.2) is 12.1 Å². The molecule has 0 saturated heterocycles. The van der Waals surface area contributed by atoms with E-state index in [0.717, 1.165) is 6.42 Å². The first-order valence-corrected chi connectivity index (χ1v) is 17.0. The Morgan fingerprint density at radius 3 is 1.58 bits per heavy atom. The van der Waals surface area contributed by atoms with Crippen LogP contribution in [0.2, 0.25) is 0 Å². The molecule has 3 heteroatoms. The third-order valence-corrected chi connectivity index (χ3v) is 9.64. The third kappa shape index (κ3) is 9.33. The van der Waals surface area contributed by atoms with Gasteiger partial charge in [0.05, 0.1) is 0 Å². The van der Waals surface area contributed by atoms with E-state index in [9.17, 15) is 0 Å². The Morgan fingerprint density at radius 1 is 0.542 bits per heavy atom. The Labute approximate surface area is 313 Å². The van der Waals surface area contributed by atoms with Gasteiger partial charge in [-0.2, -0.15) is 18.2 Å². The van der Waals surface area contributed by atoms with Crippen LogP contribution in [0.4, 0.5) is 0 Å². The Bertz CT molecular complexity index is 1860. The molecule has 1 aliphatic carbocycles. The number of benzene rings is 6. The molecule has 0 saturated carbocycles. The fourth-order valence-corrected chi connectivity index (χ4v) is 6.47. The van der Waals surface area contributed by atoms with Gasteiger partial charge in [0.1, 0.15) is 0 Å². The second-order valence-corrected chi connectivity index (χ2v) is 12.8. The van der Waals surface area contributed by atoms with Crippen molar-refractivity contribution < 1.29 is 49.0 Å². The summed E-state index contributed by atoms with van der Waals surface area (Å²) in [4.78, 5) is 0. The molecule has 0 amide bonds. The van der Waals surface area contributed by atoms with E-state index in [1.54, 1.807) is 0 Å². The largest absolute Gasteiger partial charge is 1.00 e. The van der Waals surface area contributed by atoms with Gasteiger partial charge in [-0.05, 0) is 23.1 Å². The zero-order chi connectivity index (χ0) is 31.7. The third-order valence-electron chi connectivity index (χ3n) is 8.22. The Balaban J connectivity index is 0.000000195. The van der Waals surface area contributed by atoms with E-state index in [1.807, 2.05) is 30.3 Å². The smallest absolute Gasteiger partial charge is 0.0181 e. The summed E-state index contributed by atoms with van der Waals surface area (Å²) in [5, 5.41) is 0. The second-order valence-electron chi connectivity index (χ2n) is 11.6. The molecule has 236 valence electrons. The van der Waals surface area contributed by atoms with Gasteiger partial charge < -0.3 is 24.8 Å². The second kappa shape index (κ2) is 18.0. The monoisotopic (exact) mass is 736 g/mol. The Kier molecular flexibility index (Phi) is 13.8. The summed E-state index contributed by atoms with van der Waals surface area (Å²) in [6, 6.07) is 63.5. The minimum absolute atomic E-state index is 0. The number of hydrogen-bond acceptors (Lipinski definition) is 0. The van der Waals surface area contributed by atoms with Crippen LogP contribution in [-0.2, 0) is 30.7 Å². The van der Waals surface area contributed by atoms with Crippen LogP contribution < -0.4 is 24.8 Å². The molecule has 0 spiro atoms. The molecule has 0 atom stereocenters. The van der Waals surface area contributed by atoms with Crippen molar-refractivity contribution in [2.75, 3.05) is 0 Å². The molecular weight excluding hydrogens is 703 g/mol. The van der Waals surface area contributed by atoms with Gasteiger partial charge in [0, 0.05) is 0 Å². The van der Waals surface area contributed by atoms with E-state index in [2.05, 4.69) is 159 Å². The Morgan fingerprint density at radius 2 is 1.06 bits per heavy atom. The molecule has 8 rings (SSSR count). The van der Waals surface area contributed by atoms with Crippen LogP contribution in [0.15, 0.2) is 170 Å². The molecule has 0 heterocycles. The van der Waals surface area contributed by atoms with Crippen LogP contribution in [0.1, 0.15) is 33.4 Å². The average Bonchev–Trinajstić information content (AvgIpc) is 3.81. The quantitative estimate of drug-likeness (QED) is 0.218. The van der Waals surface area contributed by atoms with Crippen molar-refractivity contribution in [2.24, 2.45) is 0 Å². The molecule has 0 N–H and O–H groups in total. The topological polar surface area (TPSA) is 0 Å². The number of halogens is 2. The number of fused-ring (bicyclic) bond motifs is 3. The van der Waals surface area contributed by atoms with Gasteiger partial charge >= 0.3 is 112 Å². The zero-order valence-corrected chi connectivity index (χ0v) is 31.1. The van der Waals surface area contributed by atoms with Crippen molar-refractivity contribution in [1.29, 1.82) is 0 Å². The zero-order valence-electron chi connectivity index (χ0n) is 27.1. The molecule has 0 unspecified atom stereocenters. The first-order chi connectivity index (χ1) is 22.5. The van der Waals surface area contributed by atoms with Gasteiger partial charge in [-0.1, -0.05) is 95.6 Å². The summed E-state index contributed by atoms with van der Waals surface area (Å²) in [6.07, 6.45) is 0.964. The van der Waals surface area contributed by atoms with Crippen molar-refractivity contribution in [2.45, 2.75) is 20.3 Å². The standard InChI is InChI=1S/C25H17.C15H14.C5H5.2ClH.Zr/c1-3-7-18(8-4-1)20-11-13-24-22(15-20)17-23-16-21(12-14-25(23)24)19-9-5-2-6-10-19;1-12-3-7-14(8-4-12)11-15-9-5-13(2)6-10-15;1-2-4-5-3-1;;;/h1-15H,17H2;3-10H,1-2H3;1-5H;2*1H;/q-1;;-1;;;+2/p-2. The molecule has 0 radical (unpaired) electrons. The fraction of sp³-hybridized carbons (Fsp3) is 0.0667. The van der Waals surface area contributed by atoms with Crippen LogP contribution in [0.5, 0.6) is 0 Å². The molecule has 48 heavy (non-hydrogen) atoms.